The largest absolute Gasteiger partial charge is 0.383 e. The first-order valence-electron chi connectivity index (χ1n) is 8.06. The molecular weight excluding hydrogens is 342 g/mol. The number of carbonyl (C=O) groups excluding carboxylic acids is 2. The van der Waals surface area contributed by atoms with E-state index in [1.807, 2.05) is 13.0 Å². The summed E-state index contributed by atoms with van der Waals surface area (Å²) in [6.45, 7) is 3.09. The fourth-order valence-electron chi connectivity index (χ4n) is 3.16. The summed E-state index contributed by atoms with van der Waals surface area (Å²) in [4.78, 5) is 29.7. The Kier molecular flexibility index (Phi) is 4.67. The quantitative estimate of drug-likeness (QED) is 0.871. The van der Waals surface area contributed by atoms with Crippen molar-refractivity contribution in [2.45, 2.75) is 25.8 Å². The maximum atomic E-state index is 12.7. The summed E-state index contributed by atoms with van der Waals surface area (Å²) in [6.07, 6.45) is 2.97. The van der Waals surface area contributed by atoms with E-state index in [-0.39, 0.29) is 23.5 Å². The fraction of sp³-hybridized carbons (Fsp3) is 0.353. The van der Waals surface area contributed by atoms with Crippen LogP contribution in [0.2, 0.25) is 5.02 Å². The van der Waals surface area contributed by atoms with Gasteiger partial charge < -0.3 is 20.9 Å². The molecule has 7 nitrogen and oxygen atoms in total. The van der Waals surface area contributed by atoms with Gasteiger partial charge in [-0.2, -0.15) is 0 Å². The number of nitrogens with two attached hydrogens (primary N) is 2. The second-order valence-electron chi connectivity index (χ2n) is 6.26. The molecule has 0 unspecified atom stereocenters. The van der Waals surface area contributed by atoms with Crippen LogP contribution in [0.4, 0.5) is 5.82 Å². The number of amides is 2. The fourth-order valence-corrected chi connectivity index (χ4v) is 3.48. The molecule has 8 heteroatoms. The molecule has 3 rings (SSSR count). The topological polar surface area (TPSA) is 107 Å². The molecule has 0 radical (unpaired) electrons. The molecule has 0 saturated carbocycles. The number of imidazole rings is 1. The van der Waals surface area contributed by atoms with Crippen molar-refractivity contribution in [1.82, 2.24) is 14.5 Å². The summed E-state index contributed by atoms with van der Waals surface area (Å²) in [5.74, 6) is -0.434. The van der Waals surface area contributed by atoms with E-state index >= 15 is 0 Å². The zero-order valence-corrected chi connectivity index (χ0v) is 14.7. The van der Waals surface area contributed by atoms with Crippen molar-refractivity contribution in [1.29, 1.82) is 0 Å². The van der Waals surface area contributed by atoms with Gasteiger partial charge in [-0.05, 0) is 37.5 Å². The highest BCUT2D eigenvalue weighted by atomic mass is 35.5. The summed E-state index contributed by atoms with van der Waals surface area (Å²) in [6, 6.07) is 5.51. The molecule has 1 saturated heterocycles. The Bertz CT molecular complexity index is 824. The van der Waals surface area contributed by atoms with E-state index in [4.69, 9.17) is 23.1 Å². The number of aryl methyl sites for hydroxylation is 1. The molecule has 4 N–H and O–H groups in total. The van der Waals surface area contributed by atoms with Crippen LogP contribution in [0.1, 0.15) is 45.3 Å². The minimum atomic E-state index is -0.641. The van der Waals surface area contributed by atoms with Crippen molar-refractivity contribution in [2.24, 2.45) is 5.73 Å². The average molecular weight is 362 g/mol. The molecule has 0 aliphatic carbocycles. The number of hydrogen-bond acceptors (Lipinski definition) is 4. The van der Waals surface area contributed by atoms with Gasteiger partial charge in [0.15, 0.2) is 5.69 Å². The Balaban J connectivity index is 1.69. The third-order valence-electron chi connectivity index (χ3n) is 4.57. The number of piperidine rings is 1. The second kappa shape index (κ2) is 6.76. The monoisotopic (exact) mass is 361 g/mol. The maximum Gasteiger partial charge on any atom is 0.271 e. The third-order valence-corrected chi connectivity index (χ3v) is 4.88. The normalized spacial score (nSPS) is 15.4. The molecule has 0 spiro atoms. The van der Waals surface area contributed by atoms with Gasteiger partial charge in [0.1, 0.15) is 5.82 Å². The van der Waals surface area contributed by atoms with Gasteiger partial charge in [-0.15, -0.1) is 0 Å². The Morgan fingerprint density at radius 3 is 2.52 bits per heavy atom. The molecule has 1 aromatic carbocycles. The van der Waals surface area contributed by atoms with Gasteiger partial charge in [-0.1, -0.05) is 17.7 Å². The van der Waals surface area contributed by atoms with Crippen LogP contribution in [0.3, 0.4) is 0 Å². The predicted octanol–water partition coefficient (Wildman–Crippen LogP) is 2.00. The van der Waals surface area contributed by atoms with E-state index in [9.17, 15) is 9.59 Å². The third kappa shape index (κ3) is 3.32. The van der Waals surface area contributed by atoms with Crippen LogP contribution in [0, 0.1) is 6.92 Å². The summed E-state index contributed by atoms with van der Waals surface area (Å²) < 4.78 is 1.76. The van der Waals surface area contributed by atoms with E-state index in [0.717, 1.165) is 5.56 Å². The highest BCUT2D eigenvalue weighted by Crippen LogP contribution is 2.28. The summed E-state index contributed by atoms with van der Waals surface area (Å²) in [5.41, 5.74) is 12.8. The Labute approximate surface area is 150 Å². The van der Waals surface area contributed by atoms with Crippen LogP contribution in [0.5, 0.6) is 0 Å². The van der Waals surface area contributed by atoms with Crippen LogP contribution in [0.25, 0.3) is 0 Å². The zero-order chi connectivity index (χ0) is 18.1. The lowest BCUT2D eigenvalue weighted by molar-refractivity contribution is 0.0695. The Morgan fingerprint density at radius 1 is 1.28 bits per heavy atom. The number of aromatic nitrogens is 2. The number of benzene rings is 1. The lowest BCUT2D eigenvalue weighted by Crippen LogP contribution is -2.39. The molecule has 1 aliphatic heterocycles. The van der Waals surface area contributed by atoms with Crippen molar-refractivity contribution in [2.75, 3.05) is 18.8 Å². The number of nitrogen functional groups attached to an aromatic ring is 1. The van der Waals surface area contributed by atoms with Gasteiger partial charge in [-0.3, -0.25) is 9.59 Å². The van der Waals surface area contributed by atoms with Gasteiger partial charge in [-0.25, -0.2) is 4.98 Å². The number of hydrogen-bond donors (Lipinski definition) is 2. The SMILES string of the molecule is Cc1ccc(C(=O)N2CCC(n3cnc(C(N)=O)c3N)CC2)c(Cl)c1. The second-order valence-corrected chi connectivity index (χ2v) is 6.66. The average Bonchev–Trinajstić information content (AvgIpc) is 2.96. The molecule has 1 aliphatic rings. The number of rotatable bonds is 3. The number of anilines is 1. The molecule has 2 aromatic rings. The first-order valence-corrected chi connectivity index (χ1v) is 8.43. The van der Waals surface area contributed by atoms with E-state index in [0.29, 0.717) is 36.5 Å². The van der Waals surface area contributed by atoms with Gasteiger partial charge in [0.2, 0.25) is 0 Å². The molecule has 2 amide bonds. The number of halogens is 1. The lowest BCUT2D eigenvalue weighted by Gasteiger charge is -2.33. The van der Waals surface area contributed by atoms with Crippen molar-refractivity contribution < 1.29 is 9.59 Å². The molecule has 132 valence electrons. The van der Waals surface area contributed by atoms with Gasteiger partial charge in [0.25, 0.3) is 11.8 Å². The van der Waals surface area contributed by atoms with Gasteiger partial charge >= 0.3 is 0 Å². The number of carbonyl (C=O) groups is 2. The summed E-state index contributed by atoms with van der Waals surface area (Å²) in [7, 11) is 0. The number of nitrogens with zero attached hydrogens (tertiary/aromatic N) is 3. The Hall–Kier alpha value is -2.54. The van der Waals surface area contributed by atoms with Crippen LogP contribution in [-0.4, -0.2) is 39.4 Å². The Morgan fingerprint density at radius 2 is 1.96 bits per heavy atom. The van der Waals surface area contributed by atoms with E-state index in [1.165, 1.54) is 6.33 Å². The molecule has 25 heavy (non-hydrogen) atoms. The predicted molar refractivity (Wildman–Crippen MR) is 95.5 cm³/mol. The highest BCUT2D eigenvalue weighted by Gasteiger charge is 2.27. The van der Waals surface area contributed by atoms with E-state index in [1.54, 1.807) is 21.6 Å². The van der Waals surface area contributed by atoms with E-state index < -0.39 is 5.91 Å². The smallest absolute Gasteiger partial charge is 0.271 e. The van der Waals surface area contributed by atoms with Crippen molar-refractivity contribution >= 4 is 29.2 Å². The lowest BCUT2D eigenvalue weighted by atomic mass is 10.0. The molecule has 0 atom stereocenters. The van der Waals surface area contributed by atoms with Crippen molar-refractivity contribution in [3.8, 4) is 0 Å². The van der Waals surface area contributed by atoms with Crippen LogP contribution in [0.15, 0.2) is 24.5 Å². The summed E-state index contributed by atoms with van der Waals surface area (Å²) in [5, 5.41) is 0.470. The van der Waals surface area contributed by atoms with Crippen LogP contribution < -0.4 is 11.5 Å². The first kappa shape index (κ1) is 17.3. The van der Waals surface area contributed by atoms with Crippen molar-refractivity contribution in [3.05, 3.63) is 46.4 Å². The van der Waals surface area contributed by atoms with Gasteiger partial charge in [0.05, 0.1) is 16.9 Å². The van der Waals surface area contributed by atoms with Gasteiger partial charge in [0, 0.05) is 19.1 Å². The van der Waals surface area contributed by atoms with Crippen molar-refractivity contribution in [3.63, 3.8) is 0 Å². The zero-order valence-electron chi connectivity index (χ0n) is 13.9. The molecule has 1 aromatic heterocycles. The molecule has 1 fully saturated rings. The number of primary amides is 1. The summed E-state index contributed by atoms with van der Waals surface area (Å²) >= 11 is 6.20. The minimum Gasteiger partial charge on any atom is -0.383 e. The highest BCUT2D eigenvalue weighted by molar-refractivity contribution is 6.33. The molecular formula is C17H20ClN5O2. The van der Waals surface area contributed by atoms with Crippen LogP contribution in [-0.2, 0) is 0 Å². The van der Waals surface area contributed by atoms with Crippen LogP contribution >= 0.6 is 11.6 Å². The van der Waals surface area contributed by atoms with E-state index in [2.05, 4.69) is 4.98 Å². The first-order chi connectivity index (χ1) is 11.9. The maximum absolute atomic E-state index is 12.7. The minimum absolute atomic E-state index is 0.0696. The molecule has 2 heterocycles. The molecule has 0 bridgehead atoms. The number of likely N-dealkylation sites (tertiary alicyclic amines) is 1. The standard InChI is InChI=1S/C17H20ClN5O2/c1-10-2-3-12(13(18)8-10)17(25)22-6-4-11(5-7-22)23-9-21-14(15(23)19)16(20)24/h2-3,8-9,11H,4-7,19H2,1H3,(H2,20,24).